The minimum Gasteiger partial charge on any atom is -0.465 e. The Balaban J connectivity index is 2.28. The molecule has 1 aliphatic rings. The lowest BCUT2D eigenvalue weighted by atomic mass is 9.89. The lowest BCUT2D eigenvalue weighted by molar-refractivity contribution is -0.144. The highest BCUT2D eigenvalue weighted by Crippen LogP contribution is 2.24. The van der Waals surface area contributed by atoms with Crippen molar-refractivity contribution in [3.63, 3.8) is 0 Å². The van der Waals surface area contributed by atoms with Crippen LogP contribution in [0.15, 0.2) is 0 Å². The van der Waals surface area contributed by atoms with Crippen LogP contribution in [-0.4, -0.2) is 50.7 Å². The Labute approximate surface area is 92.0 Å². The molecule has 88 valence electrons. The Kier molecular flexibility index (Phi) is 4.54. The molecule has 0 aliphatic carbocycles. The molecule has 0 saturated carbocycles. The lowest BCUT2D eigenvalue weighted by Crippen LogP contribution is -2.38. The monoisotopic (exact) mass is 214 g/mol. The predicted molar refractivity (Wildman–Crippen MR) is 59.7 cm³/mol. The number of ether oxygens (including phenoxy) is 1. The van der Waals surface area contributed by atoms with Gasteiger partial charge >= 0.3 is 5.97 Å². The standard InChI is InChI=1S/C11H22N2O2/c1-4-15-10(14)7-13(3)9-11(2)5-6-12-8-11/h12H,4-9H2,1-3H3. The second-order valence-electron chi connectivity index (χ2n) is 4.71. The summed E-state index contributed by atoms with van der Waals surface area (Å²) >= 11 is 0. The molecule has 0 spiro atoms. The number of nitrogens with zero attached hydrogens (tertiary/aromatic N) is 1. The van der Waals surface area contributed by atoms with Crippen LogP contribution in [0.1, 0.15) is 20.3 Å². The average molecular weight is 214 g/mol. The summed E-state index contributed by atoms with van der Waals surface area (Å²) in [6.07, 6.45) is 1.18. The van der Waals surface area contributed by atoms with Crippen molar-refractivity contribution in [2.75, 3.05) is 39.8 Å². The largest absolute Gasteiger partial charge is 0.465 e. The van der Waals surface area contributed by atoms with Crippen LogP contribution in [0.2, 0.25) is 0 Å². The molecule has 1 aliphatic heterocycles. The third-order valence-corrected chi connectivity index (χ3v) is 2.81. The van der Waals surface area contributed by atoms with Gasteiger partial charge in [-0.1, -0.05) is 6.92 Å². The van der Waals surface area contributed by atoms with E-state index in [0.29, 0.717) is 18.6 Å². The van der Waals surface area contributed by atoms with E-state index in [-0.39, 0.29) is 5.97 Å². The Hall–Kier alpha value is -0.610. The van der Waals surface area contributed by atoms with Crippen molar-refractivity contribution in [3.8, 4) is 0 Å². The van der Waals surface area contributed by atoms with Gasteiger partial charge in [-0.05, 0) is 32.4 Å². The first-order chi connectivity index (χ1) is 7.06. The summed E-state index contributed by atoms with van der Waals surface area (Å²) in [6.45, 7) is 8.02. The average Bonchev–Trinajstić information content (AvgIpc) is 2.51. The van der Waals surface area contributed by atoms with Gasteiger partial charge in [-0.2, -0.15) is 0 Å². The van der Waals surface area contributed by atoms with Crippen molar-refractivity contribution in [2.24, 2.45) is 5.41 Å². The van der Waals surface area contributed by atoms with E-state index in [1.165, 1.54) is 6.42 Å². The van der Waals surface area contributed by atoms with Gasteiger partial charge in [0, 0.05) is 13.1 Å². The summed E-state index contributed by atoms with van der Waals surface area (Å²) < 4.78 is 4.91. The second kappa shape index (κ2) is 5.47. The zero-order valence-electron chi connectivity index (χ0n) is 10.0. The highest BCUT2D eigenvalue weighted by Gasteiger charge is 2.30. The number of esters is 1. The molecule has 0 amide bonds. The molecule has 1 atom stereocenters. The number of hydrogen-bond acceptors (Lipinski definition) is 4. The van der Waals surface area contributed by atoms with Crippen LogP contribution in [0.25, 0.3) is 0 Å². The number of rotatable bonds is 5. The molecule has 0 aromatic rings. The molecule has 4 heteroatoms. The van der Waals surface area contributed by atoms with Gasteiger partial charge in [0.15, 0.2) is 0 Å². The van der Waals surface area contributed by atoms with E-state index in [2.05, 4.69) is 12.2 Å². The summed E-state index contributed by atoms with van der Waals surface area (Å²) in [5.74, 6) is -0.130. The van der Waals surface area contributed by atoms with Gasteiger partial charge in [0.05, 0.1) is 13.2 Å². The van der Waals surface area contributed by atoms with Gasteiger partial charge in [0.2, 0.25) is 0 Å². The molecular weight excluding hydrogens is 192 g/mol. The highest BCUT2D eigenvalue weighted by molar-refractivity contribution is 5.71. The zero-order valence-corrected chi connectivity index (χ0v) is 10.0. The first kappa shape index (κ1) is 12.5. The third-order valence-electron chi connectivity index (χ3n) is 2.81. The molecule has 0 aromatic carbocycles. The lowest BCUT2D eigenvalue weighted by Gasteiger charge is -2.28. The summed E-state index contributed by atoms with van der Waals surface area (Å²) in [7, 11) is 1.97. The Bertz CT molecular complexity index is 213. The number of likely N-dealkylation sites (N-methyl/N-ethyl adjacent to an activating group) is 1. The molecule has 0 aromatic heterocycles. The van der Waals surface area contributed by atoms with Gasteiger partial charge in [-0.15, -0.1) is 0 Å². The smallest absolute Gasteiger partial charge is 0.320 e. The third kappa shape index (κ3) is 4.18. The van der Waals surface area contributed by atoms with Crippen molar-refractivity contribution in [2.45, 2.75) is 20.3 Å². The van der Waals surface area contributed by atoms with E-state index >= 15 is 0 Å². The van der Waals surface area contributed by atoms with E-state index in [1.54, 1.807) is 0 Å². The van der Waals surface area contributed by atoms with Crippen LogP contribution in [0.3, 0.4) is 0 Å². The summed E-state index contributed by atoms with van der Waals surface area (Å²) in [5, 5.41) is 3.35. The molecule has 1 heterocycles. The maximum Gasteiger partial charge on any atom is 0.320 e. The highest BCUT2D eigenvalue weighted by atomic mass is 16.5. The van der Waals surface area contributed by atoms with Crippen molar-refractivity contribution >= 4 is 5.97 Å². The fourth-order valence-corrected chi connectivity index (χ4v) is 2.14. The van der Waals surface area contributed by atoms with Crippen LogP contribution in [0, 0.1) is 5.41 Å². The van der Waals surface area contributed by atoms with E-state index in [0.717, 1.165) is 19.6 Å². The maximum absolute atomic E-state index is 11.3. The molecular formula is C11H22N2O2. The fourth-order valence-electron chi connectivity index (χ4n) is 2.14. The van der Waals surface area contributed by atoms with Crippen molar-refractivity contribution in [1.82, 2.24) is 10.2 Å². The number of carbonyl (C=O) groups excluding carboxylic acids is 1. The van der Waals surface area contributed by atoms with Crippen LogP contribution in [0.5, 0.6) is 0 Å². The maximum atomic E-state index is 11.3. The fraction of sp³-hybridized carbons (Fsp3) is 0.909. The molecule has 1 N–H and O–H groups in total. The molecule has 1 saturated heterocycles. The van der Waals surface area contributed by atoms with Crippen LogP contribution in [-0.2, 0) is 9.53 Å². The first-order valence-electron chi connectivity index (χ1n) is 5.61. The topological polar surface area (TPSA) is 41.6 Å². The Morgan fingerprint density at radius 3 is 2.87 bits per heavy atom. The number of hydrogen-bond donors (Lipinski definition) is 1. The summed E-state index contributed by atoms with van der Waals surface area (Å²) in [5.41, 5.74) is 0.307. The quantitative estimate of drug-likeness (QED) is 0.676. The summed E-state index contributed by atoms with van der Waals surface area (Å²) in [6, 6.07) is 0. The first-order valence-corrected chi connectivity index (χ1v) is 5.61. The van der Waals surface area contributed by atoms with Gasteiger partial charge < -0.3 is 10.1 Å². The van der Waals surface area contributed by atoms with E-state index in [4.69, 9.17) is 4.74 Å². The van der Waals surface area contributed by atoms with Crippen LogP contribution in [0.4, 0.5) is 0 Å². The minimum absolute atomic E-state index is 0.130. The number of nitrogens with one attached hydrogen (secondary N) is 1. The Morgan fingerprint density at radius 2 is 2.33 bits per heavy atom. The molecule has 1 fully saturated rings. The van der Waals surface area contributed by atoms with E-state index in [1.807, 2.05) is 18.9 Å². The molecule has 15 heavy (non-hydrogen) atoms. The van der Waals surface area contributed by atoms with Gasteiger partial charge in [-0.3, -0.25) is 9.69 Å². The van der Waals surface area contributed by atoms with Crippen molar-refractivity contribution in [1.29, 1.82) is 0 Å². The molecule has 0 bridgehead atoms. The second-order valence-corrected chi connectivity index (χ2v) is 4.71. The van der Waals surface area contributed by atoms with Crippen molar-refractivity contribution in [3.05, 3.63) is 0 Å². The van der Waals surface area contributed by atoms with E-state index < -0.39 is 0 Å². The van der Waals surface area contributed by atoms with Gasteiger partial charge in [-0.25, -0.2) is 0 Å². The van der Waals surface area contributed by atoms with E-state index in [9.17, 15) is 4.79 Å². The molecule has 1 rings (SSSR count). The van der Waals surface area contributed by atoms with Gasteiger partial charge in [0.25, 0.3) is 0 Å². The molecule has 4 nitrogen and oxygen atoms in total. The predicted octanol–water partition coefficient (Wildman–Crippen LogP) is 0.481. The van der Waals surface area contributed by atoms with Crippen molar-refractivity contribution < 1.29 is 9.53 Å². The van der Waals surface area contributed by atoms with Gasteiger partial charge in [0.1, 0.15) is 0 Å². The van der Waals surface area contributed by atoms with Crippen LogP contribution < -0.4 is 5.32 Å². The minimum atomic E-state index is -0.130. The number of carbonyl (C=O) groups is 1. The zero-order chi connectivity index (χ0) is 11.3. The molecule has 0 radical (unpaired) electrons. The molecule has 1 unspecified atom stereocenters. The van der Waals surface area contributed by atoms with Crippen LogP contribution >= 0.6 is 0 Å². The summed E-state index contributed by atoms with van der Waals surface area (Å²) in [4.78, 5) is 13.3. The SMILES string of the molecule is CCOC(=O)CN(C)CC1(C)CCNC1. The Morgan fingerprint density at radius 1 is 1.60 bits per heavy atom. The normalized spacial score (nSPS) is 25.9.